The Morgan fingerprint density at radius 3 is 2.56 bits per heavy atom. The number of para-hydroxylation sites is 1. The van der Waals surface area contributed by atoms with Gasteiger partial charge in [-0.2, -0.15) is 0 Å². The van der Waals surface area contributed by atoms with Crippen molar-refractivity contribution in [3.63, 3.8) is 0 Å². The molecule has 0 aliphatic carbocycles. The molecule has 1 atom stereocenters. The lowest BCUT2D eigenvalue weighted by molar-refractivity contribution is -0.144. The maximum absolute atomic E-state index is 11.9. The van der Waals surface area contributed by atoms with E-state index in [1.165, 1.54) is 0 Å². The molecule has 0 aliphatic rings. The van der Waals surface area contributed by atoms with Gasteiger partial charge in [0.2, 0.25) is 0 Å². The maximum Gasteiger partial charge on any atom is 0.313 e. The topological polar surface area (TPSA) is 44.1 Å². The largest absolute Gasteiger partial charge is 0.466 e. The average Bonchev–Trinajstić information content (AvgIpc) is 3.01. The van der Waals surface area contributed by atoms with Crippen LogP contribution in [0, 0.1) is 0 Å². The van der Waals surface area contributed by atoms with Crippen molar-refractivity contribution in [3.05, 3.63) is 58.9 Å². The number of carbonyl (C=O) groups excluding carboxylic acids is 1. The predicted octanol–water partition coefficient (Wildman–Crippen LogP) is 4.91. The highest BCUT2D eigenvalue weighted by molar-refractivity contribution is 6.35. The van der Waals surface area contributed by atoms with E-state index in [-0.39, 0.29) is 11.9 Å². The monoisotopic (exact) mass is 356 g/mol. The number of aryl methyl sites for hydroxylation is 1. The first-order valence-corrected chi connectivity index (χ1v) is 8.87. The third-order valence-corrected chi connectivity index (χ3v) is 4.61. The van der Waals surface area contributed by atoms with Gasteiger partial charge in [-0.05, 0) is 43.7 Å². The summed E-state index contributed by atoms with van der Waals surface area (Å²) in [5.41, 5.74) is 3.70. The van der Waals surface area contributed by atoms with E-state index in [0.717, 1.165) is 34.5 Å². The first kappa shape index (κ1) is 17.5. The summed E-state index contributed by atoms with van der Waals surface area (Å²) in [6.45, 7) is 6.13. The van der Waals surface area contributed by atoms with Gasteiger partial charge < -0.3 is 4.74 Å². The highest BCUT2D eigenvalue weighted by Gasteiger charge is 2.18. The third kappa shape index (κ3) is 3.27. The van der Waals surface area contributed by atoms with Crippen molar-refractivity contribution in [2.75, 3.05) is 6.61 Å². The molecule has 0 bridgehead atoms. The number of ether oxygens (including phenoxy) is 1. The van der Waals surface area contributed by atoms with Crippen LogP contribution < -0.4 is 0 Å². The number of esters is 1. The van der Waals surface area contributed by atoms with Gasteiger partial charge in [-0.3, -0.25) is 9.36 Å². The predicted molar refractivity (Wildman–Crippen MR) is 101 cm³/mol. The van der Waals surface area contributed by atoms with E-state index in [4.69, 9.17) is 16.3 Å². The van der Waals surface area contributed by atoms with Gasteiger partial charge in [0, 0.05) is 12.1 Å². The lowest BCUT2D eigenvalue weighted by Gasteiger charge is -2.13. The molecule has 1 heterocycles. The third-order valence-electron chi connectivity index (χ3n) is 4.30. The van der Waals surface area contributed by atoms with Crippen LogP contribution in [0.1, 0.15) is 38.1 Å². The fraction of sp³-hybridized carbons (Fsp3) is 0.300. The second kappa shape index (κ2) is 7.28. The highest BCUT2D eigenvalue weighted by atomic mass is 35.5. The Kier molecular flexibility index (Phi) is 5.09. The Morgan fingerprint density at radius 1 is 1.20 bits per heavy atom. The van der Waals surface area contributed by atoms with Gasteiger partial charge in [-0.25, -0.2) is 4.98 Å². The molecule has 3 aromatic rings. The van der Waals surface area contributed by atoms with Crippen molar-refractivity contribution in [2.45, 2.75) is 33.1 Å². The highest BCUT2D eigenvalue weighted by Crippen LogP contribution is 2.29. The van der Waals surface area contributed by atoms with Crippen molar-refractivity contribution in [3.8, 4) is 5.69 Å². The SMILES string of the molecule is CCOC(=O)C(C)c1ccc(-n2c(CC)nc3cccc(Cl)c32)cc1. The lowest BCUT2D eigenvalue weighted by atomic mass is 10.0. The molecule has 0 aliphatic heterocycles. The molecule has 4 nitrogen and oxygen atoms in total. The Morgan fingerprint density at radius 2 is 1.92 bits per heavy atom. The zero-order chi connectivity index (χ0) is 18.0. The van der Waals surface area contributed by atoms with Crippen LogP contribution in [0.25, 0.3) is 16.7 Å². The average molecular weight is 357 g/mol. The van der Waals surface area contributed by atoms with E-state index >= 15 is 0 Å². The number of carbonyl (C=O) groups is 1. The fourth-order valence-electron chi connectivity index (χ4n) is 2.96. The van der Waals surface area contributed by atoms with Crippen molar-refractivity contribution in [1.82, 2.24) is 9.55 Å². The summed E-state index contributed by atoms with van der Waals surface area (Å²) in [6, 6.07) is 13.7. The number of hydrogen-bond acceptors (Lipinski definition) is 3. The van der Waals surface area contributed by atoms with Crippen molar-refractivity contribution >= 4 is 28.6 Å². The normalized spacial score (nSPS) is 12.3. The molecular weight excluding hydrogens is 336 g/mol. The fourth-order valence-corrected chi connectivity index (χ4v) is 3.22. The van der Waals surface area contributed by atoms with Crippen molar-refractivity contribution in [2.24, 2.45) is 0 Å². The van der Waals surface area contributed by atoms with Crippen LogP contribution in [-0.4, -0.2) is 22.1 Å². The van der Waals surface area contributed by atoms with Gasteiger partial charge >= 0.3 is 5.97 Å². The summed E-state index contributed by atoms with van der Waals surface area (Å²) in [5.74, 6) is 0.456. The number of nitrogens with zero attached hydrogens (tertiary/aromatic N) is 2. The summed E-state index contributed by atoms with van der Waals surface area (Å²) in [6.07, 6.45) is 0.798. The zero-order valence-electron chi connectivity index (χ0n) is 14.6. The number of fused-ring (bicyclic) bond motifs is 1. The Bertz CT molecular complexity index is 900. The minimum Gasteiger partial charge on any atom is -0.466 e. The summed E-state index contributed by atoms with van der Waals surface area (Å²) in [5, 5.41) is 0.675. The van der Waals surface area contributed by atoms with Gasteiger partial charge in [0.25, 0.3) is 0 Å². The molecule has 0 saturated carbocycles. The second-order valence-corrected chi connectivity index (χ2v) is 6.30. The number of halogens is 1. The first-order chi connectivity index (χ1) is 12.1. The molecule has 1 aromatic heterocycles. The summed E-state index contributed by atoms with van der Waals surface area (Å²) in [4.78, 5) is 16.6. The molecule has 0 spiro atoms. The van der Waals surface area contributed by atoms with Crippen LogP contribution >= 0.6 is 11.6 Å². The molecule has 0 N–H and O–H groups in total. The first-order valence-electron chi connectivity index (χ1n) is 8.49. The van der Waals surface area contributed by atoms with Crippen molar-refractivity contribution < 1.29 is 9.53 Å². The maximum atomic E-state index is 11.9. The van der Waals surface area contributed by atoms with Crippen LogP contribution in [0.15, 0.2) is 42.5 Å². The summed E-state index contributed by atoms with van der Waals surface area (Å²) in [7, 11) is 0. The molecule has 2 aromatic carbocycles. The van der Waals surface area contributed by atoms with E-state index in [1.54, 1.807) is 0 Å². The summed E-state index contributed by atoms with van der Waals surface area (Å²) < 4.78 is 7.18. The van der Waals surface area contributed by atoms with E-state index in [2.05, 4.69) is 16.5 Å². The molecule has 130 valence electrons. The molecule has 3 rings (SSSR count). The Hall–Kier alpha value is -2.33. The number of imidazole rings is 1. The van der Waals surface area contributed by atoms with Crippen LogP contribution in [0.3, 0.4) is 0 Å². The lowest BCUT2D eigenvalue weighted by Crippen LogP contribution is -2.13. The van der Waals surface area contributed by atoms with Crippen LogP contribution in [0.2, 0.25) is 5.02 Å². The molecule has 0 fully saturated rings. The molecule has 0 saturated heterocycles. The van der Waals surface area contributed by atoms with Crippen LogP contribution in [0.5, 0.6) is 0 Å². The molecule has 1 unspecified atom stereocenters. The zero-order valence-corrected chi connectivity index (χ0v) is 15.4. The van der Waals surface area contributed by atoms with E-state index in [0.29, 0.717) is 11.6 Å². The smallest absolute Gasteiger partial charge is 0.313 e. The Balaban J connectivity index is 2.03. The van der Waals surface area contributed by atoms with Gasteiger partial charge in [0.05, 0.1) is 28.6 Å². The number of aromatic nitrogens is 2. The number of rotatable bonds is 5. The molecule has 0 radical (unpaired) electrons. The number of benzene rings is 2. The van der Waals surface area contributed by atoms with Crippen LogP contribution in [0.4, 0.5) is 0 Å². The van der Waals surface area contributed by atoms with Gasteiger partial charge in [-0.1, -0.05) is 36.7 Å². The molecule has 5 heteroatoms. The van der Waals surface area contributed by atoms with E-state index in [9.17, 15) is 4.79 Å². The minimum absolute atomic E-state index is 0.208. The molecular formula is C20H21ClN2O2. The molecule has 25 heavy (non-hydrogen) atoms. The Labute approximate surface area is 152 Å². The van der Waals surface area contributed by atoms with Crippen molar-refractivity contribution in [1.29, 1.82) is 0 Å². The van der Waals surface area contributed by atoms with Gasteiger partial charge in [0.15, 0.2) is 0 Å². The quantitative estimate of drug-likeness (QED) is 0.610. The van der Waals surface area contributed by atoms with E-state index in [1.807, 2.05) is 56.3 Å². The molecule has 0 amide bonds. The minimum atomic E-state index is -0.289. The van der Waals surface area contributed by atoms with Gasteiger partial charge in [0.1, 0.15) is 5.82 Å². The standard InChI is InChI=1S/C20H21ClN2O2/c1-4-18-22-17-8-6-7-16(21)19(17)23(18)15-11-9-14(10-12-15)13(3)20(24)25-5-2/h6-13H,4-5H2,1-3H3. The summed E-state index contributed by atoms with van der Waals surface area (Å²) >= 11 is 6.42. The number of hydrogen-bond donors (Lipinski definition) is 0. The second-order valence-electron chi connectivity index (χ2n) is 5.89. The van der Waals surface area contributed by atoms with Gasteiger partial charge in [-0.15, -0.1) is 0 Å². The van der Waals surface area contributed by atoms with Crippen LogP contribution in [-0.2, 0) is 16.0 Å². The van der Waals surface area contributed by atoms with E-state index < -0.39 is 0 Å².